The van der Waals surface area contributed by atoms with Crippen molar-refractivity contribution >= 4 is 5.78 Å². The number of rotatable bonds is 3. The van der Waals surface area contributed by atoms with Gasteiger partial charge in [0.25, 0.3) is 0 Å². The van der Waals surface area contributed by atoms with Crippen LogP contribution in [0.1, 0.15) is 21.5 Å². The maximum atomic E-state index is 11.5. The van der Waals surface area contributed by atoms with Gasteiger partial charge in [0, 0.05) is 5.56 Å². The van der Waals surface area contributed by atoms with Gasteiger partial charge in [-0.25, -0.2) is 0 Å². The van der Waals surface area contributed by atoms with Crippen LogP contribution in [0, 0.1) is 13.8 Å². The highest BCUT2D eigenvalue weighted by Crippen LogP contribution is 2.22. The van der Waals surface area contributed by atoms with Crippen LogP contribution in [0.4, 0.5) is 0 Å². The van der Waals surface area contributed by atoms with Gasteiger partial charge in [-0.3, -0.25) is 4.79 Å². The van der Waals surface area contributed by atoms with Gasteiger partial charge in [0.15, 0.2) is 5.78 Å². The van der Waals surface area contributed by atoms with Crippen LogP contribution in [-0.2, 0) is 0 Å². The number of carbonyl (C=O) groups is 1. The van der Waals surface area contributed by atoms with Crippen molar-refractivity contribution < 1.29 is 9.90 Å². The molecule has 0 aromatic heterocycles. The van der Waals surface area contributed by atoms with Gasteiger partial charge in [-0.2, -0.15) is 0 Å². The second-order valence-electron chi connectivity index (χ2n) is 3.41. The number of aryl methyl sites for hydroxylation is 2. The largest absolute Gasteiger partial charge is 0.507 e. The lowest BCUT2D eigenvalue weighted by Gasteiger charge is -2.06. The molecule has 1 aromatic rings. The van der Waals surface area contributed by atoms with Crippen molar-refractivity contribution in [2.75, 3.05) is 13.6 Å². The van der Waals surface area contributed by atoms with Crippen molar-refractivity contribution in [3.8, 4) is 5.75 Å². The summed E-state index contributed by atoms with van der Waals surface area (Å²) in [5.74, 6) is 0.310. The Morgan fingerprint density at radius 3 is 2.29 bits per heavy atom. The maximum Gasteiger partial charge on any atom is 0.176 e. The normalized spacial score (nSPS) is 10.2. The molecule has 0 bridgehead atoms. The summed E-state index contributed by atoms with van der Waals surface area (Å²) in [6.07, 6.45) is 0. The van der Waals surface area contributed by atoms with Crippen molar-refractivity contribution in [3.05, 3.63) is 28.8 Å². The Morgan fingerprint density at radius 1 is 1.36 bits per heavy atom. The number of ketones is 1. The van der Waals surface area contributed by atoms with Gasteiger partial charge in [0.05, 0.1) is 6.54 Å². The van der Waals surface area contributed by atoms with Crippen LogP contribution in [0.15, 0.2) is 12.1 Å². The Bertz CT molecular complexity index is 335. The van der Waals surface area contributed by atoms with Gasteiger partial charge in [0.2, 0.25) is 0 Å². The zero-order chi connectivity index (χ0) is 10.7. The molecule has 0 aliphatic carbocycles. The van der Waals surface area contributed by atoms with Gasteiger partial charge in [-0.1, -0.05) is 0 Å². The highest BCUT2D eigenvalue weighted by molar-refractivity contribution is 5.98. The topological polar surface area (TPSA) is 49.3 Å². The molecule has 0 radical (unpaired) electrons. The molecule has 0 amide bonds. The van der Waals surface area contributed by atoms with Crippen molar-refractivity contribution in [1.82, 2.24) is 5.32 Å². The summed E-state index contributed by atoms with van der Waals surface area (Å²) in [7, 11) is 1.73. The molecule has 0 aliphatic rings. The molecule has 1 aromatic carbocycles. The summed E-state index contributed by atoms with van der Waals surface area (Å²) in [4.78, 5) is 11.5. The molecule has 0 heterocycles. The molecule has 0 unspecified atom stereocenters. The zero-order valence-corrected chi connectivity index (χ0v) is 8.72. The molecule has 76 valence electrons. The van der Waals surface area contributed by atoms with Gasteiger partial charge in [-0.05, 0) is 44.2 Å². The van der Waals surface area contributed by atoms with E-state index in [1.54, 1.807) is 33.0 Å². The number of carbonyl (C=O) groups excluding carboxylic acids is 1. The standard InChI is InChI=1S/C11H15NO2/c1-7-4-9(10(13)6-12-3)5-8(2)11(7)14/h4-5,12,14H,6H2,1-3H3. The fraction of sp³-hybridized carbons (Fsp3) is 0.364. The van der Waals surface area contributed by atoms with Gasteiger partial charge in [-0.15, -0.1) is 0 Å². The summed E-state index contributed by atoms with van der Waals surface area (Å²) in [5.41, 5.74) is 2.13. The zero-order valence-electron chi connectivity index (χ0n) is 8.72. The third-order valence-electron chi connectivity index (χ3n) is 2.15. The van der Waals surface area contributed by atoms with E-state index in [2.05, 4.69) is 5.32 Å². The first-order chi connectivity index (χ1) is 6.56. The van der Waals surface area contributed by atoms with E-state index in [9.17, 15) is 9.90 Å². The average Bonchev–Trinajstić information content (AvgIpc) is 2.13. The van der Waals surface area contributed by atoms with Crippen LogP contribution in [0.2, 0.25) is 0 Å². The minimum atomic E-state index is 0.0405. The van der Waals surface area contributed by atoms with Crippen molar-refractivity contribution in [1.29, 1.82) is 0 Å². The number of hydrogen-bond donors (Lipinski definition) is 2. The van der Waals surface area contributed by atoms with E-state index in [4.69, 9.17) is 0 Å². The van der Waals surface area contributed by atoms with Crippen LogP contribution in [0.3, 0.4) is 0 Å². The first-order valence-corrected chi connectivity index (χ1v) is 4.54. The quantitative estimate of drug-likeness (QED) is 0.713. The number of benzene rings is 1. The molecular weight excluding hydrogens is 178 g/mol. The fourth-order valence-electron chi connectivity index (χ4n) is 1.38. The van der Waals surface area contributed by atoms with Gasteiger partial charge >= 0.3 is 0 Å². The maximum absolute atomic E-state index is 11.5. The summed E-state index contributed by atoms with van der Waals surface area (Å²) in [6, 6.07) is 3.42. The van der Waals surface area contributed by atoms with E-state index in [1.165, 1.54) is 0 Å². The fourth-order valence-corrected chi connectivity index (χ4v) is 1.38. The minimum absolute atomic E-state index is 0.0405. The predicted molar refractivity (Wildman–Crippen MR) is 55.8 cm³/mol. The van der Waals surface area contributed by atoms with E-state index < -0.39 is 0 Å². The number of Topliss-reactive ketones (excluding diaryl/α,β-unsaturated/α-hetero) is 1. The van der Waals surface area contributed by atoms with Crippen LogP contribution < -0.4 is 5.32 Å². The Kier molecular flexibility index (Phi) is 3.25. The highest BCUT2D eigenvalue weighted by atomic mass is 16.3. The molecule has 1 rings (SSSR count). The number of phenols is 1. The smallest absolute Gasteiger partial charge is 0.176 e. The SMILES string of the molecule is CNCC(=O)c1cc(C)c(O)c(C)c1. The molecule has 3 heteroatoms. The van der Waals surface area contributed by atoms with Crippen molar-refractivity contribution in [3.63, 3.8) is 0 Å². The molecule has 0 atom stereocenters. The third kappa shape index (κ3) is 2.12. The van der Waals surface area contributed by atoms with Crippen LogP contribution >= 0.6 is 0 Å². The van der Waals surface area contributed by atoms with Crippen molar-refractivity contribution in [2.45, 2.75) is 13.8 Å². The number of nitrogens with one attached hydrogen (secondary N) is 1. The van der Waals surface area contributed by atoms with Crippen LogP contribution in [0.5, 0.6) is 5.75 Å². The molecule has 0 fully saturated rings. The lowest BCUT2D eigenvalue weighted by molar-refractivity contribution is 0.0993. The number of phenolic OH excluding ortho intramolecular Hbond substituents is 1. The summed E-state index contributed by atoms with van der Waals surface area (Å²) in [6.45, 7) is 3.90. The second kappa shape index (κ2) is 4.24. The number of aromatic hydroxyl groups is 1. The molecule has 0 aliphatic heterocycles. The van der Waals surface area contributed by atoms with Crippen LogP contribution in [-0.4, -0.2) is 24.5 Å². The number of likely N-dealkylation sites (N-methyl/N-ethyl adjacent to an activating group) is 1. The van der Waals surface area contributed by atoms with E-state index in [0.29, 0.717) is 12.1 Å². The highest BCUT2D eigenvalue weighted by Gasteiger charge is 2.08. The minimum Gasteiger partial charge on any atom is -0.507 e. The summed E-state index contributed by atoms with van der Waals surface area (Å²) in [5, 5.41) is 12.3. The van der Waals surface area contributed by atoms with Crippen molar-refractivity contribution in [2.24, 2.45) is 0 Å². The average molecular weight is 193 g/mol. The third-order valence-corrected chi connectivity index (χ3v) is 2.15. The first-order valence-electron chi connectivity index (χ1n) is 4.54. The van der Waals surface area contributed by atoms with Crippen LogP contribution in [0.25, 0.3) is 0 Å². The summed E-state index contributed by atoms with van der Waals surface area (Å²) < 4.78 is 0. The lowest BCUT2D eigenvalue weighted by atomic mass is 10.0. The predicted octanol–water partition coefficient (Wildman–Crippen LogP) is 1.41. The molecule has 0 saturated heterocycles. The van der Waals surface area contributed by atoms with E-state index >= 15 is 0 Å². The molecular formula is C11H15NO2. The molecule has 14 heavy (non-hydrogen) atoms. The molecule has 2 N–H and O–H groups in total. The first kappa shape index (κ1) is 10.7. The van der Waals surface area contributed by atoms with E-state index in [-0.39, 0.29) is 11.5 Å². The van der Waals surface area contributed by atoms with E-state index in [1.807, 2.05) is 0 Å². The lowest BCUT2D eigenvalue weighted by Crippen LogP contribution is -2.18. The molecule has 3 nitrogen and oxygen atoms in total. The van der Waals surface area contributed by atoms with Gasteiger partial charge < -0.3 is 10.4 Å². The Labute approximate surface area is 83.8 Å². The Balaban J connectivity index is 3.06. The second-order valence-corrected chi connectivity index (χ2v) is 3.41. The molecule has 0 spiro atoms. The Hall–Kier alpha value is -1.35. The monoisotopic (exact) mass is 193 g/mol. The Morgan fingerprint density at radius 2 is 1.86 bits per heavy atom. The number of hydrogen-bond acceptors (Lipinski definition) is 3. The van der Waals surface area contributed by atoms with Gasteiger partial charge in [0.1, 0.15) is 5.75 Å². The summed E-state index contributed by atoms with van der Waals surface area (Å²) >= 11 is 0. The molecule has 0 saturated carbocycles. The van der Waals surface area contributed by atoms with E-state index in [0.717, 1.165) is 11.1 Å².